The van der Waals surface area contributed by atoms with E-state index in [1.165, 1.54) is 18.2 Å². The highest BCUT2D eigenvalue weighted by molar-refractivity contribution is 9.10. The molecule has 5 heteroatoms. The topological polar surface area (TPSA) is 46.5 Å². The Morgan fingerprint density at radius 2 is 2.00 bits per heavy atom. The third-order valence-electron chi connectivity index (χ3n) is 2.74. The minimum Gasteiger partial charge on any atom is -0.478 e. The number of ether oxygens (including phenoxy) is 1. The van der Waals surface area contributed by atoms with Gasteiger partial charge >= 0.3 is 5.97 Å². The molecule has 0 aromatic heterocycles. The van der Waals surface area contributed by atoms with Crippen molar-refractivity contribution in [2.45, 2.75) is 6.92 Å². The van der Waals surface area contributed by atoms with Gasteiger partial charge in [-0.1, -0.05) is 28.1 Å². The van der Waals surface area contributed by atoms with Gasteiger partial charge in [-0.25, -0.2) is 9.18 Å². The average molecular weight is 351 g/mol. The molecule has 21 heavy (non-hydrogen) atoms. The van der Waals surface area contributed by atoms with Gasteiger partial charge in [0.2, 0.25) is 0 Å². The first-order chi connectivity index (χ1) is 9.95. The van der Waals surface area contributed by atoms with Gasteiger partial charge in [0.1, 0.15) is 5.75 Å². The van der Waals surface area contributed by atoms with Crippen molar-refractivity contribution in [2.75, 3.05) is 0 Å². The van der Waals surface area contributed by atoms with Crippen molar-refractivity contribution in [2.24, 2.45) is 0 Å². The summed E-state index contributed by atoms with van der Waals surface area (Å²) < 4.78 is 20.4. The Bertz CT molecular complexity index is 711. The van der Waals surface area contributed by atoms with Crippen LogP contribution in [0.2, 0.25) is 0 Å². The molecular weight excluding hydrogens is 339 g/mol. The van der Waals surface area contributed by atoms with E-state index in [4.69, 9.17) is 9.84 Å². The Labute approximate surface area is 129 Å². The van der Waals surface area contributed by atoms with Crippen LogP contribution in [-0.4, -0.2) is 11.1 Å². The van der Waals surface area contributed by atoms with Crippen LogP contribution in [-0.2, 0) is 4.79 Å². The zero-order valence-corrected chi connectivity index (χ0v) is 12.7. The molecule has 0 aliphatic rings. The molecule has 2 aromatic carbocycles. The van der Waals surface area contributed by atoms with Crippen molar-refractivity contribution in [3.8, 4) is 11.5 Å². The van der Waals surface area contributed by atoms with Crippen molar-refractivity contribution in [3.63, 3.8) is 0 Å². The number of aryl methyl sites for hydroxylation is 1. The summed E-state index contributed by atoms with van der Waals surface area (Å²) in [6, 6.07) is 9.77. The predicted octanol–water partition coefficient (Wildman–Crippen LogP) is 4.79. The molecule has 0 unspecified atom stereocenters. The molecule has 0 aliphatic heterocycles. The van der Waals surface area contributed by atoms with Gasteiger partial charge in [0.15, 0.2) is 11.6 Å². The fraction of sp³-hybridized carbons (Fsp3) is 0.0625. The van der Waals surface area contributed by atoms with Crippen molar-refractivity contribution >= 4 is 28.0 Å². The molecule has 0 saturated carbocycles. The van der Waals surface area contributed by atoms with E-state index < -0.39 is 11.8 Å². The zero-order valence-electron chi connectivity index (χ0n) is 11.1. The molecule has 0 aliphatic carbocycles. The highest BCUT2D eigenvalue weighted by atomic mass is 79.9. The fourth-order valence-corrected chi connectivity index (χ4v) is 2.01. The number of benzene rings is 2. The maximum Gasteiger partial charge on any atom is 0.328 e. The SMILES string of the molecule is Cc1ccc(Br)cc1Oc1ccc(/C=C/C(=O)O)cc1F. The monoisotopic (exact) mass is 350 g/mol. The molecule has 1 N–H and O–H groups in total. The van der Waals surface area contributed by atoms with Crippen LogP contribution in [0.3, 0.4) is 0 Å². The summed E-state index contributed by atoms with van der Waals surface area (Å²) in [5.41, 5.74) is 1.33. The Morgan fingerprint density at radius 1 is 1.24 bits per heavy atom. The molecule has 2 rings (SSSR count). The van der Waals surface area contributed by atoms with Crippen molar-refractivity contribution in [1.82, 2.24) is 0 Å². The van der Waals surface area contributed by atoms with Crippen molar-refractivity contribution in [3.05, 3.63) is 63.9 Å². The first kappa shape index (κ1) is 15.3. The lowest BCUT2D eigenvalue weighted by molar-refractivity contribution is -0.131. The summed E-state index contributed by atoms with van der Waals surface area (Å²) in [5, 5.41) is 8.54. The van der Waals surface area contributed by atoms with Gasteiger partial charge in [-0.05, 0) is 48.4 Å². The van der Waals surface area contributed by atoms with Crippen molar-refractivity contribution < 1.29 is 19.0 Å². The van der Waals surface area contributed by atoms with Gasteiger partial charge in [-0.2, -0.15) is 0 Å². The summed E-state index contributed by atoms with van der Waals surface area (Å²) in [6.45, 7) is 1.86. The van der Waals surface area contributed by atoms with E-state index in [0.29, 0.717) is 11.3 Å². The maximum absolute atomic E-state index is 14.0. The Kier molecular flexibility index (Phi) is 4.75. The number of hydrogen-bond donors (Lipinski definition) is 1. The fourth-order valence-electron chi connectivity index (χ4n) is 1.67. The van der Waals surface area contributed by atoms with Crippen LogP contribution in [0.5, 0.6) is 11.5 Å². The van der Waals surface area contributed by atoms with E-state index in [1.807, 2.05) is 19.1 Å². The van der Waals surface area contributed by atoms with Crippen LogP contribution in [0, 0.1) is 12.7 Å². The minimum absolute atomic E-state index is 0.0867. The van der Waals surface area contributed by atoms with Gasteiger partial charge < -0.3 is 9.84 Å². The van der Waals surface area contributed by atoms with Gasteiger partial charge in [-0.15, -0.1) is 0 Å². The molecule has 0 spiro atoms. The number of aliphatic carboxylic acids is 1. The lowest BCUT2D eigenvalue weighted by atomic mass is 10.2. The third-order valence-corrected chi connectivity index (χ3v) is 3.24. The van der Waals surface area contributed by atoms with Crippen LogP contribution < -0.4 is 4.74 Å². The van der Waals surface area contributed by atoms with E-state index in [9.17, 15) is 9.18 Å². The number of rotatable bonds is 4. The molecular formula is C16H12BrFO3. The Hall–Kier alpha value is -2.14. The molecule has 2 aromatic rings. The highest BCUT2D eigenvalue weighted by Crippen LogP contribution is 2.30. The van der Waals surface area contributed by atoms with Crippen LogP contribution in [0.15, 0.2) is 46.9 Å². The number of carbonyl (C=O) groups is 1. The molecule has 3 nitrogen and oxygen atoms in total. The van der Waals surface area contributed by atoms with Gasteiger partial charge in [0, 0.05) is 10.5 Å². The second kappa shape index (κ2) is 6.54. The maximum atomic E-state index is 14.0. The summed E-state index contributed by atoms with van der Waals surface area (Å²) >= 11 is 3.34. The zero-order chi connectivity index (χ0) is 15.4. The van der Waals surface area contributed by atoms with Gasteiger partial charge in [-0.3, -0.25) is 0 Å². The first-order valence-electron chi connectivity index (χ1n) is 6.10. The van der Waals surface area contributed by atoms with E-state index in [0.717, 1.165) is 16.1 Å². The van der Waals surface area contributed by atoms with Crippen LogP contribution >= 0.6 is 15.9 Å². The molecule has 0 fully saturated rings. The standard InChI is InChI=1S/C16H12BrFO3/c1-10-2-5-12(17)9-15(10)21-14-6-3-11(8-13(14)18)4-7-16(19)20/h2-9H,1H3,(H,19,20)/b7-4+. The largest absolute Gasteiger partial charge is 0.478 e. The highest BCUT2D eigenvalue weighted by Gasteiger charge is 2.08. The molecule has 0 atom stereocenters. The van der Waals surface area contributed by atoms with E-state index >= 15 is 0 Å². The number of carboxylic acids is 1. The molecule has 108 valence electrons. The average Bonchev–Trinajstić information content (AvgIpc) is 2.43. The molecule has 0 heterocycles. The van der Waals surface area contributed by atoms with E-state index in [-0.39, 0.29) is 5.75 Å². The van der Waals surface area contributed by atoms with E-state index in [1.54, 1.807) is 12.1 Å². The minimum atomic E-state index is -1.08. The van der Waals surface area contributed by atoms with Crippen molar-refractivity contribution in [1.29, 1.82) is 0 Å². The first-order valence-corrected chi connectivity index (χ1v) is 6.89. The van der Waals surface area contributed by atoms with Crippen LogP contribution in [0.25, 0.3) is 6.08 Å². The number of carboxylic acid groups (broad SMARTS) is 1. The second-order valence-corrected chi connectivity index (χ2v) is 5.29. The van der Waals surface area contributed by atoms with Gasteiger partial charge in [0.25, 0.3) is 0 Å². The second-order valence-electron chi connectivity index (χ2n) is 4.37. The normalized spacial score (nSPS) is 10.8. The Balaban J connectivity index is 2.25. The predicted molar refractivity (Wildman–Crippen MR) is 82.0 cm³/mol. The summed E-state index contributed by atoms with van der Waals surface area (Å²) in [7, 11) is 0. The quantitative estimate of drug-likeness (QED) is 0.806. The Morgan fingerprint density at radius 3 is 2.67 bits per heavy atom. The molecule has 0 radical (unpaired) electrons. The lowest BCUT2D eigenvalue weighted by Crippen LogP contribution is -1.92. The van der Waals surface area contributed by atoms with Gasteiger partial charge in [0.05, 0.1) is 0 Å². The number of halogens is 2. The molecule has 0 amide bonds. The summed E-state index contributed by atoms with van der Waals surface area (Å²) in [6.07, 6.45) is 2.27. The smallest absolute Gasteiger partial charge is 0.328 e. The molecule has 0 bridgehead atoms. The third kappa shape index (κ3) is 4.16. The summed E-state index contributed by atoms with van der Waals surface area (Å²) in [5.74, 6) is -0.997. The molecule has 0 saturated heterocycles. The number of hydrogen-bond acceptors (Lipinski definition) is 2. The summed E-state index contributed by atoms with van der Waals surface area (Å²) in [4.78, 5) is 10.4. The van der Waals surface area contributed by atoms with E-state index in [2.05, 4.69) is 15.9 Å². The lowest BCUT2D eigenvalue weighted by Gasteiger charge is -2.10. The van der Waals surface area contributed by atoms with Crippen LogP contribution in [0.4, 0.5) is 4.39 Å². The van der Waals surface area contributed by atoms with Crippen LogP contribution in [0.1, 0.15) is 11.1 Å².